The van der Waals surface area contributed by atoms with Gasteiger partial charge in [0.15, 0.2) is 5.17 Å². The Morgan fingerprint density at radius 1 is 1.14 bits per heavy atom. The molecule has 0 bridgehead atoms. The summed E-state index contributed by atoms with van der Waals surface area (Å²) in [5, 5.41) is 1.59. The van der Waals surface area contributed by atoms with Crippen molar-refractivity contribution in [3.8, 4) is 0 Å². The molecule has 0 unspecified atom stereocenters. The van der Waals surface area contributed by atoms with Crippen LogP contribution in [0.15, 0.2) is 28.1 Å². The normalized spacial score (nSPS) is 19.8. The van der Waals surface area contributed by atoms with Crippen molar-refractivity contribution in [3.05, 3.63) is 38.7 Å². The molecule has 2 aliphatic rings. The Hall–Kier alpha value is -1.10. The first-order valence-corrected chi connectivity index (χ1v) is 12.2. The minimum atomic E-state index is -4.13. The first-order chi connectivity index (χ1) is 13.7. The lowest BCUT2D eigenvalue weighted by Crippen LogP contribution is -2.47. The third-order valence-corrected chi connectivity index (χ3v) is 7.18. The minimum absolute atomic E-state index is 0.266. The molecule has 1 fully saturated rings. The molecule has 0 aromatic heterocycles. The van der Waals surface area contributed by atoms with Gasteiger partial charge >= 0.3 is 0 Å². The molecule has 2 heterocycles. The average Bonchev–Trinajstić information content (AvgIpc) is 3.02. The van der Waals surface area contributed by atoms with E-state index in [1.54, 1.807) is 24.3 Å². The summed E-state index contributed by atoms with van der Waals surface area (Å²) in [6, 6.07) is 5.19. The smallest absolute Gasteiger partial charge is 0.286 e. The second-order valence-electron chi connectivity index (χ2n) is 6.78. The Labute approximate surface area is 184 Å². The predicted octanol–water partition coefficient (Wildman–Crippen LogP) is 2.91. The number of carbonyl (C=O) groups is 1. The maximum atomic E-state index is 12.3. The van der Waals surface area contributed by atoms with Crippen LogP contribution in [0.5, 0.6) is 0 Å². The zero-order valence-corrected chi connectivity index (χ0v) is 18.7. The molecule has 1 aromatic rings. The van der Waals surface area contributed by atoms with Gasteiger partial charge in [-0.15, -0.1) is 0 Å². The van der Waals surface area contributed by atoms with Gasteiger partial charge in [0.05, 0.1) is 25.1 Å². The molecule has 0 aliphatic carbocycles. The van der Waals surface area contributed by atoms with Crippen LogP contribution in [0, 0.1) is 0 Å². The summed E-state index contributed by atoms with van der Waals surface area (Å²) in [6.07, 6.45) is 2.81. The Kier molecular flexibility index (Phi) is 7.63. The van der Waals surface area contributed by atoms with Crippen LogP contribution in [0.2, 0.25) is 10.0 Å². The molecule has 158 valence electrons. The van der Waals surface area contributed by atoms with E-state index < -0.39 is 10.1 Å². The number of benzene rings is 1. The minimum Gasteiger partial charge on any atom is -0.748 e. The number of amides is 1. The number of amidine groups is 1. The van der Waals surface area contributed by atoms with Gasteiger partial charge in [0, 0.05) is 31.9 Å². The third-order valence-electron chi connectivity index (χ3n) is 4.61. The number of hydrogen-bond acceptors (Lipinski definition) is 7. The number of thioether (sulfide) groups is 1. The molecule has 0 saturated carbocycles. The van der Waals surface area contributed by atoms with Crippen molar-refractivity contribution in [2.24, 2.45) is 4.99 Å². The van der Waals surface area contributed by atoms with E-state index in [1.165, 1.54) is 11.8 Å². The number of rotatable bonds is 6. The van der Waals surface area contributed by atoms with Crippen molar-refractivity contribution in [3.63, 3.8) is 0 Å². The molecule has 0 N–H and O–H groups in total. The summed E-state index contributed by atoms with van der Waals surface area (Å²) in [6.45, 7) is 3.82. The standard InChI is InChI=1S/C18H21Cl2N3O4S2/c19-14-4-3-13(11-15(14)20)12-16-17(24)21-18(28-16)23-8-6-22(7-9-23)5-1-2-10-29(25,26)27/h3-4,11-12H,1-2,5-10H2,(H,25,26,27)/p-1/b16-12-. The lowest BCUT2D eigenvalue weighted by Gasteiger charge is -2.35. The first kappa shape index (κ1) is 22.6. The summed E-state index contributed by atoms with van der Waals surface area (Å²) >= 11 is 13.3. The van der Waals surface area contributed by atoms with Crippen LogP contribution in [0.4, 0.5) is 0 Å². The zero-order valence-electron chi connectivity index (χ0n) is 15.5. The van der Waals surface area contributed by atoms with Gasteiger partial charge in [-0.1, -0.05) is 29.3 Å². The van der Waals surface area contributed by atoms with Crippen molar-refractivity contribution in [1.82, 2.24) is 9.80 Å². The maximum absolute atomic E-state index is 12.3. The van der Waals surface area contributed by atoms with Crippen LogP contribution in [0.3, 0.4) is 0 Å². The monoisotopic (exact) mass is 476 g/mol. The summed E-state index contributed by atoms with van der Waals surface area (Å²) in [4.78, 5) is 21.3. The largest absolute Gasteiger partial charge is 0.748 e. The van der Waals surface area contributed by atoms with Crippen LogP contribution in [-0.2, 0) is 14.9 Å². The number of halogens is 2. The predicted molar refractivity (Wildman–Crippen MR) is 116 cm³/mol. The molecule has 11 heteroatoms. The highest BCUT2D eigenvalue weighted by atomic mass is 35.5. The Morgan fingerprint density at radius 2 is 1.86 bits per heavy atom. The average molecular weight is 477 g/mol. The molecule has 7 nitrogen and oxygen atoms in total. The molecule has 1 amide bonds. The van der Waals surface area contributed by atoms with Crippen LogP contribution in [-0.4, -0.2) is 72.3 Å². The first-order valence-electron chi connectivity index (χ1n) is 9.10. The molecule has 0 spiro atoms. The number of aliphatic imine (C=N–C) groups is 1. The van der Waals surface area contributed by atoms with Gasteiger partial charge in [0.2, 0.25) is 0 Å². The van der Waals surface area contributed by atoms with Crippen LogP contribution >= 0.6 is 35.0 Å². The fraction of sp³-hybridized carbons (Fsp3) is 0.444. The van der Waals surface area contributed by atoms with E-state index in [9.17, 15) is 17.8 Å². The molecule has 0 atom stereocenters. The van der Waals surface area contributed by atoms with Crippen LogP contribution in [0.1, 0.15) is 18.4 Å². The van der Waals surface area contributed by atoms with Crippen LogP contribution < -0.4 is 0 Å². The molecule has 3 rings (SSSR count). The van der Waals surface area contributed by atoms with E-state index in [2.05, 4.69) is 14.8 Å². The Morgan fingerprint density at radius 3 is 2.52 bits per heavy atom. The SMILES string of the molecule is O=C1N=C(N2CCN(CCCCS(=O)(=O)[O-])CC2)S/C1=C\c1ccc(Cl)c(Cl)c1. The molecule has 2 aliphatic heterocycles. The zero-order chi connectivity index (χ0) is 21.0. The van der Waals surface area contributed by atoms with E-state index in [1.807, 2.05) is 0 Å². The molecular weight excluding hydrogens is 457 g/mol. The number of carbonyl (C=O) groups excluding carboxylic acids is 1. The van der Waals surface area contributed by atoms with Gasteiger partial charge in [-0.3, -0.25) is 9.69 Å². The topological polar surface area (TPSA) is 93.1 Å². The quantitative estimate of drug-likeness (QED) is 0.353. The fourth-order valence-corrected chi connectivity index (χ4v) is 4.89. The van der Waals surface area contributed by atoms with Crippen molar-refractivity contribution in [1.29, 1.82) is 0 Å². The van der Waals surface area contributed by atoms with Crippen molar-refractivity contribution in [2.45, 2.75) is 12.8 Å². The Bertz CT molecular complexity index is 942. The lowest BCUT2D eigenvalue weighted by atomic mass is 10.2. The van der Waals surface area contributed by atoms with E-state index in [0.717, 1.165) is 38.3 Å². The van der Waals surface area contributed by atoms with Gasteiger partial charge in [-0.05, 0) is 54.9 Å². The van der Waals surface area contributed by atoms with Crippen molar-refractivity contribution < 1.29 is 17.8 Å². The van der Waals surface area contributed by atoms with E-state index in [-0.39, 0.29) is 11.7 Å². The lowest BCUT2D eigenvalue weighted by molar-refractivity contribution is -0.113. The highest BCUT2D eigenvalue weighted by Crippen LogP contribution is 2.32. The highest BCUT2D eigenvalue weighted by molar-refractivity contribution is 8.18. The summed E-state index contributed by atoms with van der Waals surface area (Å²) < 4.78 is 31.9. The number of unbranched alkanes of at least 4 members (excludes halogenated alkanes) is 1. The number of nitrogens with zero attached hydrogens (tertiary/aromatic N) is 3. The molecule has 1 saturated heterocycles. The summed E-state index contributed by atoms with van der Waals surface area (Å²) in [7, 11) is -4.13. The molecule has 29 heavy (non-hydrogen) atoms. The second-order valence-corrected chi connectivity index (χ2v) is 10.1. The third kappa shape index (κ3) is 6.70. The van der Waals surface area contributed by atoms with E-state index >= 15 is 0 Å². The fourth-order valence-electron chi connectivity index (χ4n) is 3.06. The maximum Gasteiger partial charge on any atom is 0.286 e. The summed E-state index contributed by atoms with van der Waals surface area (Å²) in [5.74, 6) is -0.575. The van der Waals surface area contributed by atoms with Gasteiger partial charge in [0.25, 0.3) is 5.91 Å². The molecular formula is C18H20Cl2N3O4S2-. The number of hydrogen-bond donors (Lipinski definition) is 0. The van der Waals surface area contributed by atoms with Crippen molar-refractivity contribution >= 4 is 62.2 Å². The van der Waals surface area contributed by atoms with E-state index in [4.69, 9.17) is 23.2 Å². The second kappa shape index (κ2) is 9.80. The Balaban J connectivity index is 1.49. The van der Waals surface area contributed by atoms with Gasteiger partial charge in [-0.25, -0.2) is 8.42 Å². The molecule has 1 aromatic carbocycles. The number of piperazine rings is 1. The van der Waals surface area contributed by atoms with E-state index in [0.29, 0.717) is 33.0 Å². The van der Waals surface area contributed by atoms with Gasteiger partial charge in [-0.2, -0.15) is 4.99 Å². The van der Waals surface area contributed by atoms with Gasteiger partial charge < -0.3 is 9.45 Å². The van der Waals surface area contributed by atoms with Crippen LogP contribution in [0.25, 0.3) is 6.08 Å². The molecule has 0 radical (unpaired) electrons. The van der Waals surface area contributed by atoms with Crippen molar-refractivity contribution in [2.75, 3.05) is 38.5 Å². The van der Waals surface area contributed by atoms with Gasteiger partial charge in [0.1, 0.15) is 0 Å². The summed E-state index contributed by atoms with van der Waals surface area (Å²) in [5.41, 5.74) is 0.789. The highest BCUT2D eigenvalue weighted by Gasteiger charge is 2.28.